The zero-order chi connectivity index (χ0) is 11.5. The van der Waals surface area contributed by atoms with Gasteiger partial charge in [-0.2, -0.15) is 24.4 Å². The quantitative estimate of drug-likeness (QED) is 0.761. The molecule has 90 valence electrons. The Hall–Kier alpha value is 0.660. The number of nitrogens with zero attached hydrogens (tertiary/aromatic N) is 1. The molecule has 0 aromatic heterocycles. The third-order valence-electron chi connectivity index (χ3n) is 3.17. The molecular formula is C12H25NS2. The molecule has 0 saturated carbocycles. The number of rotatable bonds is 4. The molecule has 1 heterocycles. The van der Waals surface area contributed by atoms with Gasteiger partial charge in [0.05, 0.1) is 0 Å². The third-order valence-corrected chi connectivity index (χ3v) is 4.94. The van der Waals surface area contributed by atoms with Gasteiger partial charge in [-0.1, -0.05) is 13.8 Å². The van der Waals surface area contributed by atoms with Gasteiger partial charge in [-0.25, -0.2) is 0 Å². The SMILES string of the molecule is CC(C)C(CS)CN1CCSC(C)(C)C1. The summed E-state index contributed by atoms with van der Waals surface area (Å²) in [6.45, 7) is 13.0. The van der Waals surface area contributed by atoms with Gasteiger partial charge >= 0.3 is 0 Å². The summed E-state index contributed by atoms with van der Waals surface area (Å²) in [7, 11) is 0. The van der Waals surface area contributed by atoms with Crippen LogP contribution in [0.2, 0.25) is 0 Å². The number of thioether (sulfide) groups is 1. The Morgan fingerprint density at radius 3 is 2.53 bits per heavy atom. The Morgan fingerprint density at radius 2 is 2.07 bits per heavy atom. The van der Waals surface area contributed by atoms with Crippen LogP contribution in [0.5, 0.6) is 0 Å². The summed E-state index contributed by atoms with van der Waals surface area (Å²) >= 11 is 6.57. The van der Waals surface area contributed by atoms with Crippen molar-refractivity contribution < 1.29 is 0 Å². The molecule has 3 heteroatoms. The van der Waals surface area contributed by atoms with Gasteiger partial charge in [0.15, 0.2) is 0 Å². The Balaban J connectivity index is 2.43. The first-order chi connectivity index (χ1) is 6.94. The Morgan fingerprint density at radius 1 is 1.40 bits per heavy atom. The van der Waals surface area contributed by atoms with E-state index in [4.69, 9.17) is 0 Å². The second kappa shape index (κ2) is 5.83. The molecule has 0 aromatic carbocycles. The molecule has 1 fully saturated rings. The standard InChI is InChI=1S/C12H25NS2/c1-10(2)11(8-14)7-13-5-6-15-12(3,4)9-13/h10-11,14H,5-9H2,1-4H3. The number of thiol groups is 1. The molecule has 0 spiro atoms. The molecule has 15 heavy (non-hydrogen) atoms. The van der Waals surface area contributed by atoms with Gasteiger partial charge in [-0.05, 0) is 31.4 Å². The number of hydrogen-bond donors (Lipinski definition) is 1. The van der Waals surface area contributed by atoms with Crippen molar-refractivity contribution in [2.75, 3.05) is 31.1 Å². The molecule has 0 aliphatic carbocycles. The normalized spacial score (nSPS) is 24.4. The molecular weight excluding hydrogens is 222 g/mol. The van der Waals surface area contributed by atoms with Gasteiger partial charge in [0, 0.05) is 30.1 Å². The van der Waals surface area contributed by atoms with Crippen LogP contribution in [0.15, 0.2) is 0 Å². The first kappa shape index (κ1) is 13.7. The van der Waals surface area contributed by atoms with Gasteiger partial charge in [0.1, 0.15) is 0 Å². The average Bonchev–Trinajstić information content (AvgIpc) is 2.12. The van der Waals surface area contributed by atoms with Crippen molar-refractivity contribution in [3.63, 3.8) is 0 Å². The molecule has 1 aliphatic rings. The highest BCUT2D eigenvalue weighted by molar-refractivity contribution is 8.00. The highest BCUT2D eigenvalue weighted by atomic mass is 32.2. The van der Waals surface area contributed by atoms with Crippen molar-refractivity contribution in [1.82, 2.24) is 4.90 Å². The van der Waals surface area contributed by atoms with Crippen LogP contribution in [-0.4, -0.2) is 40.8 Å². The second-order valence-electron chi connectivity index (χ2n) is 5.53. The summed E-state index contributed by atoms with van der Waals surface area (Å²) in [5, 5.41) is 0. The van der Waals surface area contributed by atoms with E-state index in [2.05, 4.69) is 57.0 Å². The molecule has 1 nitrogen and oxygen atoms in total. The van der Waals surface area contributed by atoms with Crippen molar-refractivity contribution in [2.24, 2.45) is 11.8 Å². The molecule has 1 rings (SSSR count). The van der Waals surface area contributed by atoms with E-state index in [1.54, 1.807) is 0 Å². The van der Waals surface area contributed by atoms with E-state index in [1.165, 1.54) is 25.4 Å². The van der Waals surface area contributed by atoms with Crippen LogP contribution in [0, 0.1) is 11.8 Å². The van der Waals surface area contributed by atoms with Crippen molar-refractivity contribution >= 4 is 24.4 Å². The smallest absolute Gasteiger partial charge is 0.0231 e. The molecule has 1 atom stereocenters. The molecule has 1 unspecified atom stereocenters. The van der Waals surface area contributed by atoms with Crippen LogP contribution in [-0.2, 0) is 0 Å². The van der Waals surface area contributed by atoms with Crippen LogP contribution >= 0.6 is 24.4 Å². The van der Waals surface area contributed by atoms with Crippen LogP contribution in [0.1, 0.15) is 27.7 Å². The van der Waals surface area contributed by atoms with Gasteiger partial charge < -0.3 is 4.90 Å². The maximum absolute atomic E-state index is 4.47. The first-order valence-electron chi connectivity index (χ1n) is 5.92. The maximum atomic E-state index is 4.47. The Labute approximate surface area is 105 Å². The minimum Gasteiger partial charge on any atom is -0.301 e. The minimum atomic E-state index is 0.441. The molecule has 1 saturated heterocycles. The third kappa shape index (κ3) is 4.58. The van der Waals surface area contributed by atoms with E-state index < -0.39 is 0 Å². The lowest BCUT2D eigenvalue weighted by Gasteiger charge is -2.39. The summed E-state index contributed by atoms with van der Waals surface area (Å²) in [4.78, 5) is 2.62. The van der Waals surface area contributed by atoms with Crippen molar-refractivity contribution in [3.05, 3.63) is 0 Å². The fraction of sp³-hybridized carbons (Fsp3) is 1.00. The average molecular weight is 247 g/mol. The van der Waals surface area contributed by atoms with E-state index >= 15 is 0 Å². The fourth-order valence-corrected chi connectivity index (χ4v) is 3.79. The van der Waals surface area contributed by atoms with E-state index in [0.29, 0.717) is 4.75 Å². The summed E-state index contributed by atoms with van der Waals surface area (Å²) in [5.41, 5.74) is 0. The lowest BCUT2D eigenvalue weighted by Crippen LogP contribution is -2.45. The molecule has 0 amide bonds. The zero-order valence-corrected chi connectivity index (χ0v) is 12.2. The van der Waals surface area contributed by atoms with Crippen LogP contribution in [0.25, 0.3) is 0 Å². The number of hydrogen-bond acceptors (Lipinski definition) is 3. The van der Waals surface area contributed by atoms with E-state index in [9.17, 15) is 0 Å². The summed E-state index contributed by atoms with van der Waals surface area (Å²) < 4.78 is 0.441. The highest BCUT2D eigenvalue weighted by Gasteiger charge is 2.28. The predicted octanol–water partition coefficient (Wildman–Crippen LogP) is 3.02. The lowest BCUT2D eigenvalue weighted by molar-refractivity contribution is 0.206. The first-order valence-corrected chi connectivity index (χ1v) is 7.53. The maximum Gasteiger partial charge on any atom is 0.0231 e. The zero-order valence-electron chi connectivity index (χ0n) is 10.5. The van der Waals surface area contributed by atoms with Gasteiger partial charge in [-0.3, -0.25) is 0 Å². The minimum absolute atomic E-state index is 0.441. The lowest BCUT2D eigenvalue weighted by atomic mass is 9.97. The summed E-state index contributed by atoms with van der Waals surface area (Å²) in [6.07, 6.45) is 0. The fourth-order valence-electron chi connectivity index (χ4n) is 2.08. The molecule has 0 bridgehead atoms. The summed E-state index contributed by atoms with van der Waals surface area (Å²) in [5.74, 6) is 3.79. The summed E-state index contributed by atoms with van der Waals surface area (Å²) in [6, 6.07) is 0. The monoisotopic (exact) mass is 247 g/mol. The Bertz CT molecular complexity index is 192. The van der Waals surface area contributed by atoms with Crippen LogP contribution in [0.4, 0.5) is 0 Å². The van der Waals surface area contributed by atoms with E-state index in [0.717, 1.165) is 17.6 Å². The van der Waals surface area contributed by atoms with Crippen molar-refractivity contribution in [3.8, 4) is 0 Å². The highest BCUT2D eigenvalue weighted by Crippen LogP contribution is 2.30. The van der Waals surface area contributed by atoms with Gasteiger partial charge in [0.2, 0.25) is 0 Å². The molecule has 1 aliphatic heterocycles. The molecule has 0 radical (unpaired) electrons. The molecule has 0 aromatic rings. The van der Waals surface area contributed by atoms with Gasteiger partial charge in [-0.15, -0.1) is 0 Å². The Kier molecular flexibility index (Phi) is 5.33. The van der Waals surface area contributed by atoms with Crippen molar-refractivity contribution in [2.45, 2.75) is 32.4 Å². The predicted molar refractivity (Wildman–Crippen MR) is 75.2 cm³/mol. The molecule has 0 N–H and O–H groups in total. The van der Waals surface area contributed by atoms with E-state index in [-0.39, 0.29) is 0 Å². The van der Waals surface area contributed by atoms with E-state index in [1.807, 2.05) is 0 Å². The second-order valence-corrected chi connectivity index (χ2v) is 7.70. The van der Waals surface area contributed by atoms with Crippen molar-refractivity contribution in [1.29, 1.82) is 0 Å². The van der Waals surface area contributed by atoms with Gasteiger partial charge in [0.25, 0.3) is 0 Å². The largest absolute Gasteiger partial charge is 0.301 e. The van der Waals surface area contributed by atoms with Crippen LogP contribution < -0.4 is 0 Å². The topological polar surface area (TPSA) is 3.24 Å². The van der Waals surface area contributed by atoms with Crippen LogP contribution in [0.3, 0.4) is 0 Å².